The van der Waals surface area contributed by atoms with Crippen LogP contribution in [0, 0.1) is 11.7 Å². The summed E-state index contributed by atoms with van der Waals surface area (Å²) in [6.45, 7) is 1.63. The quantitative estimate of drug-likeness (QED) is 0.721. The summed E-state index contributed by atoms with van der Waals surface area (Å²) in [7, 11) is 0. The Morgan fingerprint density at radius 1 is 1.14 bits per heavy atom. The van der Waals surface area contributed by atoms with Crippen molar-refractivity contribution in [2.75, 3.05) is 11.4 Å². The van der Waals surface area contributed by atoms with E-state index in [9.17, 15) is 4.39 Å². The number of halogens is 1. The molecule has 1 aliphatic carbocycles. The lowest BCUT2D eigenvalue weighted by molar-refractivity contribution is 0.625. The molecule has 6 nitrogen and oxygen atoms in total. The minimum absolute atomic E-state index is 0.217. The summed E-state index contributed by atoms with van der Waals surface area (Å²) in [5.74, 6) is 1.33. The van der Waals surface area contributed by atoms with Gasteiger partial charge in [-0.25, -0.2) is 4.39 Å². The molecule has 0 amide bonds. The lowest BCUT2D eigenvalue weighted by Crippen LogP contribution is -2.26. The molecule has 0 spiro atoms. The molecule has 2 aromatic heterocycles. The van der Waals surface area contributed by atoms with Crippen LogP contribution in [0.4, 0.5) is 10.2 Å². The van der Waals surface area contributed by atoms with Crippen LogP contribution >= 0.6 is 0 Å². The Bertz CT molecular complexity index is 780. The van der Waals surface area contributed by atoms with Crippen molar-refractivity contribution in [3.05, 3.63) is 47.8 Å². The first-order valence-electron chi connectivity index (χ1n) is 7.33. The first-order valence-corrected chi connectivity index (χ1v) is 7.33. The van der Waals surface area contributed by atoms with E-state index in [0.717, 1.165) is 17.9 Å². The Hall–Kier alpha value is -2.57. The SMILES string of the molecule is Fc1ccc(CN(CC2CC2)c2ccc3nnnn3n2)cc1. The summed E-state index contributed by atoms with van der Waals surface area (Å²) in [6.07, 6.45) is 2.51. The van der Waals surface area contributed by atoms with Crippen LogP contribution in [0.15, 0.2) is 36.4 Å². The van der Waals surface area contributed by atoms with Crippen LogP contribution in [0.1, 0.15) is 18.4 Å². The zero-order valence-electron chi connectivity index (χ0n) is 11.9. The van der Waals surface area contributed by atoms with Gasteiger partial charge in [0.1, 0.15) is 5.82 Å². The third kappa shape index (κ3) is 2.74. The summed E-state index contributed by atoms with van der Waals surface area (Å²) >= 11 is 0. The minimum atomic E-state index is -0.217. The standard InChI is InChI=1S/C15H15FN6/c16-13-5-3-12(4-6-13)10-21(9-11-1-2-11)15-8-7-14-17-19-20-22(14)18-15/h3-8,11H,1-2,9-10H2. The Morgan fingerprint density at radius 2 is 1.95 bits per heavy atom. The molecule has 0 aliphatic heterocycles. The van der Waals surface area contributed by atoms with E-state index < -0.39 is 0 Å². The molecule has 0 saturated heterocycles. The van der Waals surface area contributed by atoms with Crippen LogP contribution in [0.25, 0.3) is 5.65 Å². The summed E-state index contributed by atoms with van der Waals surface area (Å²) in [5, 5.41) is 15.8. The largest absolute Gasteiger partial charge is 0.351 e. The fourth-order valence-corrected chi connectivity index (χ4v) is 2.47. The number of hydrogen-bond donors (Lipinski definition) is 0. The van der Waals surface area contributed by atoms with Gasteiger partial charge in [-0.05, 0) is 59.0 Å². The van der Waals surface area contributed by atoms with Crippen LogP contribution < -0.4 is 4.90 Å². The van der Waals surface area contributed by atoms with Crippen molar-refractivity contribution in [1.29, 1.82) is 0 Å². The van der Waals surface area contributed by atoms with Gasteiger partial charge in [0, 0.05) is 13.1 Å². The molecule has 7 heteroatoms. The van der Waals surface area contributed by atoms with Crippen molar-refractivity contribution in [2.24, 2.45) is 5.92 Å². The topological polar surface area (TPSA) is 59.2 Å². The second-order valence-electron chi connectivity index (χ2n) is 5.67. The molecule has 0 atom stereocenters. The lowest BCUT2D eigenvalue weighted by atomic mass is 10.2. The third-order valence-corrected chi connectivity index (χ3v) is 3.84. The van der Waals surface area contributed by atoms with E-state index in [4.69, 9.17) is 0 Å². The highest BCUT2D eigenvalue weighted by Crippen LogP contribution is 2.31. The summed E-state index contributed by atoms with van der Waals surface area (Å²) < 4.78 is 14.5. The van der Waals surface area contributed by atoms with Crippen LogP contribution in [-0.2, 0) is 6.54 Å². The zero-order chi connectivity index (χ0) is 14.9. The molecule has 4 rings (SSSR count). The van der Waals surface area contributed by atoms with Crippen molar-refractivity contribution in [3.63, 3.8) is 0 Å². The number of aromatic nitrogens is 5. The maximum Gasteiger partial charge on any atom is 0.200 e. The number of benzene rings is 1. The average molecular weight is 298 g/mol. The minimum Gasteiger partial charge on any atom is -0.351 e. The highest BCUT2D eigenvalue weighted by atomic mass is 19.1. The van der Waals surface area contributed by atoms with Crippen LogP contribution in [-0.4, -0.2) is 31.8 Å². The zero-order valence-corrected chi connectivity index (χ0v) is 11.9. The molecule has 1 saturated carbocycles. The van der Waals surface area contributed by atoms with Gasteiger partial charge in [-0.2, -0.15) is 0 Å². The molecular formula is C15H15FN6. The van der Waals surface area contributed by atoms with E-state index in [1.807, 2.05) is 24.3 Å². The molecule has 3 aromatic rings. The van der Waals surface area contributed by atoms with Gasteiger partial charge in [0.25, 0.3) is 0 Å². The van der Waals surface area contributed by atoms with E-state index in [-0.39, 0.29) is 5.82 Å². The van der Waals surface area contributed by atoms with Crippen molar-refractivity contribution < 1.29 is 4.39 Å². The molecule has 1 aliphatic rings. The van der Waals surface area contributed by atoms with Crippen molar-refractivity contribution in [3.8, 4) is 0 Å². The van der Waals surface area contributed by atoms with Crippen molar-refractivity contribution in [1.82, 2.24) is 25.3 Å². The fraction of sp³-hybridized carbons (Fsp3) is 0.333. The van der Waals surface area contributed by atoms with E-state index in [0.29, 0.717) is 18.1 Å². The molecule has 22 heavy (non-hydrogen) atoms. The third-order valence-electron chi connectivity index (χ3n) is 3.84. The summed E-state index contributed by atoms with van der Waals surface area (Å²) in [5.41, 5.74) is 1.68. The molecule has 112 valence electrons. The fourth-order valence-electron chi connectivity index (χ4n) is 2.47. The second kappa shape index (κ2) is 5.32. The monoisotopic (exact) mass is 298 g/mol. The highest BCUT2D eigenvalue weighted by Gasteiger charge is 2.25. The van der Waals surface area contributed by atoms with E-state index in [1.54, 1.807) is 0 Å². The lowest BCUT2D eigenvalue weighted by Gasteiger charge is -2.23. The van der Waals surface area contributed by atoms with Gasteiger partial charge in [-0.1, -0.05) is 12.1 Å². The van der Waals surface area contributed by atoms with E-state index >= 15 is 0 Å². The van der Waals surface area contributed by atoms with Gasteiger partial charge in [0.15, 0.2) is 11.5 Å². The van der Waals surface area contributed by atoms with Gasteiger partial charge in [0.2, 0.25) is 0 Å². The van der Waals surface area contributed by atoms with Gasteiger partial charge in [0.05, 0.1) is 0 Å². The first-order chi connectivity index (χ1) is 10.8. The molecule has 1 aromatic carbocycles. The Morgan fingerprint density at radius 3 is 2.73 bits per heavy atom. The van der Waals surface area contributed by atoms with Gasteiger partial charge in [-0.15, -0.1) is 14.8 Å². The number of rotatable bonds is 5. The summed E-state index contributed by atoms with van der Waals surface area (Å²) in [4.78, 5) is 2.20. The van der Waals surface area contributed by atoms with Crippen molar-refractivity contribution >= 4 is 11.5 Å². The molecule has 0 bridgehead atoms. The van der Waals surface area contributed by atoms with Gasteiger partial charge < -0.3 is 4.90 Å². The number of nitrogens with zero attached hydrogens (tertiary/aromatic N) is 6. The summed E-state index contributed by atoms with van der Waals surface area (Å²) in [6, 6.07) is 10.4. The molecule has 0 unspecified atom stereocenters. The van der Waals surface area contributed by atoms with Gasteiger partial charge in [-0.3, -0.25) is 0 Å². The maximum absolute atomic E-state index is 13.1. The first kappa shape index (κ1) is 13.1. The van der Waals surface area contributed by atoms with Crippen molar-refractivity contribution in [2.45, 2.75) is 19.4 Å². The predicted molar refractivity (Wildman–Crippen MR) is 78.8 cm³/mol. The number of fused-ring (bicyclic) bond motifs is 1. The molecule has 0 radical (unpaired) electrons. The average Bonchev–Trinajstić information content (AvgIpc) is 3.22. The van der Waals surface area contributed by atoms with Crippen LogP contribution in [0.2, 0.25) is 0 Å². The molecule has 0 N–H and O–H groups in total. The van der Waals surface area contributed by atoms with Crippen LogP contribution in [0.3, 0.4) is 0 Å². The van der Waals surface area contributed by atoms with Gasteiger partial charge >= 0.3 is 0 Å². The molecule has 2 heterocycles. The van der Waals surface area contributed by atoms with E-state index in [2.05, 4.69) is 25.5 Å². The van der Waals surface area contributed by atoms with Crippen LogP contribution in [0.5, 0.6) is 0 Å². The Kier molecular flexibility index (Phi) is 3.17. The number of tetrazole rings is 1. The van der Waals surface area contributed by atoms with E-state index in [1.165, 1.54) is 29.6 Å². The second-order valence-corrected chi connectivity index (χ2v) is 5.67. The molecule has 1 fully saturated rings. The number of hydrogen-bond acceptors (Lipinski definition) is 5. The predicted octanol–water partition coefficient (Wildman–Crippen LogP) is 2.07. The smallest absolute Gasteiger partial charge is 0.200 e. The maximum atomic E-state index is 13.1. The Balaban J connectivity index is 1.62. The normalized spacial score (nSPS) is 14.4. The highest BCUT2D eigenvalue weighted by molar-refractivity contribution is 5.45. The molecular weight excluding hydrogens is 283 g/mol. The number of anilines is 1. The Labute approximate surface area is 126 Å².